The molecule has 0 aliphatic heterocycles. The molecule has 2 rings (SSSR count). The molecule has 116 valence electrons. The highest BCUT2D eigenvalue weighted by molar-refractivity contribution is 5.98. The maximum Gasteiger partial charge on any atom is 0.287 e. The third-order valence-electron chi connectivity index (χ3n) is 4.06. The Kier molecular flexibility index (Phi) is 5.81. The third kappa shape index (κ3) is 3.57. The molecule has 1 aromatic carbocycles. The van der Waals surface area contributed by atoms with Crippen LogP contribution in [0, 0.1) is 6.92 Å². The molecule has 1 amide bonds. The molecule has 0 saturated carbocycles. The number of benzene rings is 1. The van der Waals surface area contributed by atoms with E-state index in [0.29, 0.717) is 12.3 Å². The third-order valence-corrected chi connectivity index (χ3v) is 4.06. The van der Waals surface area contributed by atoms with E-state index in [1.807, 2.05) is 45.0 Å². The average Bonchev–Trinajstić information content (AvgIpc) is 2.82. The van der Waals surface area contributed by atoms with Gasteiger partial charge in [0.25, 0.3) is 5.91 Å². The molecule has 0 spiro atoms. The van der Waals surface area contributed by atoms with Crippen molar-refractivity contribution in [1.82, 2.24) is 5.32 Å². The van der Waals surface area contributed by atoms with Crippen LogP contribution in [0.25, 0.3) is 11.0 Å². The summed E-state index contributed by atoms with van der Waals surface area (Å²) in [6, 6.07) is 7.65. The zero-order chi connectivity index (χ0) is 14.8. The summed E-state index contributed by atoms with van der Waals surface area (Å²) in [5.41, 5.74) is 7.44. The van der Waals surface area contributed by atoms with E-state index in [2.05, 4.69) is 5.32 Å². The molecule has 0 aliphatic carbocycles. The Morgan fingerprint density at radius 2 is 1.90 bits per heavy atom. The molecule has 3 N–H and O–H groups in total. The number of carbonyl (C=O) groups excluding carboxylic acids is 1. The first-order valence-electron chi connectivity index (χ1n) is 7.06. The van der Waals surface area contributed by atoms with Crippen LogP contribution in [0.4, 0.5) is 0 Å². The van der Waals surface area contributed by atoms with Crippen molar-refractivity contribution in [2.24, 2.45) is 5.73 Å². The smallest absolute Gasteiger partial charge is 0.287 e. The number of carbonyl (C=O) groups is 1. The van der Waals surface area contributed by atoms with Crippen molar-refractivity contribution < 1.29 is 9.21 Å². The molecule has 0 radical (unpaired) electrons. The standard InChI is InChI=1S/C16H22N2O2.ClH/c1-4-16(17,5-2)10-18-15(19)14-11(3)12-8-6-7-9-13(12)20-14;/h6-9H,4-5,10,17H2,1-3H3,(H,18,19);1H. The van der Waals surface area contributed by atoms with Crippen LogP contribution in [0.3, 0.4) is 0 Å². The van der Waals surface area contributed by atoms with E-state index in [0.717, 1.165) is 29.4 Å². The lowest BCUT2D eigenvalue weighted by Crippen LogP contribution is -2.49. The minimum absolute atomic E-state index is 0. The van der Waals surface area contributed by atoms with E-state index in [9.17, 15) is 4.79 Å². The molecule has 2 aromatic rings. The Hall–Kier alpha value is -1.52. The zero-order valence-electron chi connectivity index (χ0n) is 12.7. The summed E-state index contributed by atoms with van der Waals surface area (Å²) < 4.78 is 5.64. The minimum Gasteiger partial charge on any atom is -0.451 e. The van der Waals surface area contributed by atoms with Crippen molar-refractivity contribution in [2.45, 2.75) is 39.2 Å². The predicted octanol–water partition coefficient (Wildman–Crippen LogP) is 3.41. The molecule has 1 aromatic heterocycles. The molecule has 0 atom stereocenters. The van der Waals surface area contributed by atoms with Crippen molar-refractivity contribution in [3.63, 3.8) is 0 Å². The van der Waals surface area contributed by atoms with Crippen LogP contribution in [0.2, 0.25) is 0 Å². The molecule has 0 unspecified atom stereocenters. The number of nitrogens with two attached hydrogens (primary N) is 1. The fourth-order valence-electron chi connectivity index (χ4n) is 2.23. The number of aryl methyl sites for hydroxylation is 1. The van der Waals surface area contributed by atoms with Crippen molar-refractivity contribution in [2.75, 3.05) is 6.54 Å². The zero-order valence-corrected chi connectivity index (χ0v) is 13.5. The van der Waals surface area contributed by atoms with Crippen LogP contribution in [0.1, 0.15) is 42.8 Å². The van der Waals surface area contributed by atoms with Crippen LogP contribution in [0.5, 0.6) is 0 Å². The summed E-state index contributed by atoms with van der Waals surface area (Å²) in [5.74, 6) is 0.177. The molecule has 0 saturated heterocycles. The van der Waals surface area contributed by atoms with E-state index in [-0.39, 0.29) is 23.9 Å². The molecule has 4 nitrogen and oxygen atoms in total. The van der Waals surface area contributed by atoms with Gasteiger partial charge in [0.15, 0.2) is 5.76 Å². The predicted molar refractivity (Wildman–Crippen MR) is 88.0 cm³/mol. The molecule has 0 aliphatic rings. The monoisotopic (exact) mass is 310 g/mol. The normalized spacial score (nSPS) is 11.2. The molecule has 0 fully saturated rings. The number of fused-ring (bicyclic) bond motifs is 1. The van der Waals surface area contributed by atoms with Gasteiger partial charge >= 0.3 is 0 Å². The lowest BCUT2D eigenvalue weighted by Gasteiger charge is -2.26. The van der Waals surface area contributed by atoms with Gasteiger partial charge in [-0.3, -0.25) is 4.79 Å². The van der Waals surface area contributed by atoms with Gasteiger partial charge in [0.1, 0.15) is 5.58 Å². The van der Waals surface area contributed by atoms with Gasteiger partial charge in [-0.25, -0.2) is 0 Å². The van der Waals surface area contributed by atoms with Crippen molar-refractivity contribution in [3.8, 4) is 0 Å². The first-order valence-corrected chi connectivity index (χ1v) is 7.06. The number of amides is 1. The van der Waals surface area contributed by atoms with E-state index in [1.165, 1.54) is 0 Å². The Morgan fingerprint density at radius 1 is 1.29 bits per heavy atom. The fourth-order valence-corrected chi connectivity index (χ4v) is 2.23. The highest BCUT2D eigenvalue weighted by Gasteiger charge is 2.23. The van der Waals surface area contributed by atoms with E-state index >= 15 is 0 Å². The van der Waals surface area contributed by atoms with Gasteiger partial charge < -0.3 is 15.5 Å². The number of halogens is 1. The SMILES string of the molecule is CCC(N)(CC)CNC(=O)c1oc2ccccc2c1C.Cl. The number of nitrogens with one attached hydrogen (secondary N) is 1. The van der Waals surface area contributed by atoms with Gasteiger partial charge in [-0.05, 0) is 25.8 Å². The second kappa shape index (κ2) is 6.96. The Labute approximate surface area is 131 Å². The lowest BCUT2D eigenvalue weighted by molar-refractivity contribution is 0.0915. The number of rotatable bonds is 5. The molecule has 5 heteroatoms. The van der Waals surface area contributed by atoms with Gasteiger partial charge in [0, 0.05) is 23.0 Å². The van der Waals surface area contributed by atoms with Crippen molar-refractivity contribution >= 4 is 29.3 Å². The van der Waals surface area contributed by atoms with Crippen LogP contribution >= 0.6 is 12.4 Å². The lowest BCUT2D eigenvalue weighted by atomic mass is 9.94. The topological polar surface area (TPSA) is 68.3 Å². The summed E-state index contributed by atoms with van der Waals surface area (Å²) in [7, 11) is 0. The Morgan fingerprint density at radius 3 is 2.48 bits per heavy atom. The summed E-state index contributed by atoms with van der Waals surface area (Å²) in [5, 5.41) is 3.86. The van der Waals surface area contributed by atoms with E-state index in [4.69, 9.17) is 10.2 Å². The molecule has 1 heterocycles. The first-order chi connectivity index (χ1) is 9.50. The Bertz CT molecular complexity index is 618. The van der Waals surface area contributed by atoms with E-state index in [1.54, 1.807) is 0 Å². The van der Waals surface area contributed by atoms with Crippen LogP contribution in [-0.4, -0.2) is 18.0 Å². The van der Waals surface area contributed by atoms with Crippen molar-refractivity contribution in [3.05, 3.63) is 35.6 Å². The van der Waals surface area contributed by atoms with Crippen LogP contribution in [-0.2, 0) is 0 Å². The molecule has 0 bridgehead atoms. The second-order valence-corrected chi connectivity index (χ2v) is 5.30. The highest BCUT2D eigenvalue weighted by atomic mass is 35.5. The van der Waals surface area contributed by atoms with Gasteiger partial charge in [0.2, 0.25) is 0 Å². The minimum atomic E-state index is -0.352. The summed E-state index contributed by atoms with van der Waals surface area (Å²) in [6.07, 6.45) is 1.64. The van der Waals surface area contributed by atoms with Gasteiger partial charge in [-0.1, -0.05) is 32.0 Å². The quantitative estimate of drug-likeness (QED) is 0.889. The number of hydrogen-bond donors (Lipinski definition) is 2. The van der Waals surface area contributed by atoms with Gasteiger partial charge in [-0.15, -0.1) is 12.4 Å². The molecular formula is C16H23ClN2O2. The summed E-state index contributed by atoms with van der Waals surface area (Å²) in [6.45, 7) is 6.41. The van der Waals surface area contributed by atoms with Crippen molar-refractivity contribution in [1.29, 1.82) is 0 Å². The second-order valence-electron chi connectivity index (χ2n) is 5.30. The van der Waals surface area contributed by atoms with Gasteiger partial charge in [-0.2, -0.15) is 0 Å². The Balaban J connectivity index is 0.00000220. The number of furan rings is 1. The number of hydrogen-bond acceptors (Lipinski definition) is 3. The maximum atomic E-state index is 12.3. The fraction of sp³-hybridized carbons (Fsp3) is 0.438. The van der Waals surface area contributed by atoms with E-state index < -0.39 is 0 Å². The highest BCUT2D eigenvalue weighted by Crippen LogP contribution is 2.24. The van der Waals surface area contributed by atoms with Crippen LogP contribution < -0.4 is 11.1 Å². The van der Waals surface area contributed by atoms with Gasteiger partial charge in [0.05, 0.1) is 0 Å². The van der Waals surface area contributed by atoms with Crippen LogP contribution in [0.15, 0.2) is 28.7 Å². The largest absolute Gasteiger partial charge is 0.451 e. The summed E-state index contributed by atoms with van der Waals surface area (Å²) >= 11 is 0. The molecular weight excluding hydrogens is 288 g/mol. The summed E-state index contributed by atoms with van der Waals surface area (Å²) in [4.78, 5) is 12.3. The maximum absolute atomic E-state index is 12.3. The number of para-hydroxylation sites is 1. The average molecular weight is 311 g/mol. The first kappa shape index (κ1) is 17.5. The molecule has 21 heavy (non-hydrogen) atoms.